The van der Waals surface area contributed by atoms with Crippen molar-refractivity contribution in [2.45, 2.75) is 76.7 Å². The van der Waals surface area contributed by atoms with E-state index in [2.05, 4.69) is 0 Å². The van der Waals surface area contributed by atoms with Crippen LogP contribution in [-0.2, 0) is 18.9 Å². The van der Waals surface area contributed by atoms with Gasteiger partial charge in [0.05, 0.1) is 12.7 Å². The van der Waals surface area contributed by atoms with Gasteiger partial charge in [-0.05, 0) is 34.6 Å². The zero-order valence-corrected chi connectivity index (χ0v) is 12.1. The Labute approximate surface area is 113 Å². The molecule has 0 aromatic heterocycles. The SMILES string of the molecule is CC1(C)O[C@@H]([C@H](O)[C@H]2COC(C)(C)O2)[C@@H](C([13CH3])O)O1. The van der Waals surface area contributed by atoms with Crippen LogP contribution in [0.5, 0.6) is 0 Å². The second-order valence-electron chi connectivity index (χ2n) is 6.16. The lowest BCUT2D eigenvalue weighted by molar-refractivity contribution is -0.179. The minimum Gasteiger partial charge on any atom is -0.391 e. The number of hydrogen-bond donors (Lipinski definition) is 2. The van der Waals surface area contributed by atoms with Crippen LogP contribution in [0, 0.1) is 0 Å². The standard InChI is InChI=1S/C13H24O6/c1-7(14)10-11(19-13(4,5)18-10)9(15)8-6-16-12(2,3)17-8/h7-11,14-15H,6H2,1-5H3/t7?,8-,9-,10-,11+/m1/s1/i1+1. The molecule has 5 atom stereocenters. The highest BCUT2D eigenvalue weighted by Crippen LogP contribution is 2.35. The lowest BCUT2D eigenvalue weighted by atomic mass is 10.0. The predicted octanol–water partition coefficient (Wildman–Crippen LogP) is 0.400. The molecule has 6 heteroatoms. The highest BCUT2D eigenvalue weighted by Gasteiger charge is 2.51. The number of ether oxygens (including phenoxy) is 4. The molecule has 0 aliphatic carbocycles. The Morgan fingerprint density at radius 3 is 2.00 bits per heavy atom. The molecule has 2 rings (SSSR count). The molecule has 0 spiro atoms. The summed E-state index contributed by atoms with van der Waals surface area (Å²) in [6, 6.07) is 0. The average molecular weight is 277 g/mol. The third kappa shape index (κ3) is 3.26. The van der Waals surface area contributed by atoms with Gasteiger partial charge in [-0.1, -0.05) is 0 Å². The van der Waals surface area contributed by atoms with Gasteiger partial charge in [0.15, 0.2) is 11.6 Å². The molecule has 2 aliphatic heterocycles. The summed E-state index contributed by atoms with van der Waals surface area (Å²) in [5, 5.41) is 20.2. The fourth-order valence-corrected chi connectivity index (χ4v) is 2.55. The smallest absolute Gasteiger partial charge is 0.164 e. The molecule has 2 N–H and O–H groups in total. The second-order valence-corrected chi connectivity index (χ2v) is 6.16. The maximum atomic E-state index is 10.4. The Hall–Kier alpha value is -0.240. The first-order valence-corrected chi connectivity index (χ1v) is 6.65. The number of rotatable bonds is 3. The van der Waals surface area contributed by atoms with Crippen molar-refractivity contribution in [1.29, 1.82) is 0 Å². The third-order valence-corrected chi connectivity index (χ3v) is 3.39. The minimum atomic E-state index is -0.914. The molecule has 6 nitrogen and oxygen atoms in total. The molecule has 0 aromatic carbocycles. The van der Waals surface area contributed by atoms with Crippen molar-refractivity contribution in [3.63, 3.8) is 0 Å². The predicted molar refractivity (Wildman–Crippen MR) is 66.4 cm³/mol. The van der Waals surface area contributed by atoms with E-state index >= 15 is 0 Å². The van der Waals surface area contributed by atoms with E-state index in [1.807, 2.05) is 0 Å². The molecule has 2 saturated heterocycles. The largest absolute Gasteiger partial charge is 0.391 e. The fraction of sp³-hybridized carbons (Fsp3) is 1.00. The zero-order valence-electron chi connectivity index (χ0n) is 12.1. The molecular weight excluding hydrogens is 253 g/mol. The van der Waals surface area contributed by atoms with Gasteiger partial charge < -0.3 is 29.2 Å². The van der Waals surface area contributed by atoms with Crippen molar-refractivity contribution in [2.75, 3.05) is 6.61 Å². The van der Waals surface area contributed by atoms with Crippen LogP contribution in [-0.4, -0.2) is 58.9 Å². The number of aliphatic hydroxyl groups is 2. The molecule has 0 bridgehead atoms. The summed E-state index contributed by atoms with van der Waals surface area (Å²) < 4.78 is 22.4. The van der Waals surface area contributed by atoms with E-state index < -0.39 is 42.1 Å². The van der Waals surface area contributed by atoms with Crippen molar-refractivity contribution >= 4 is 0 Å². The van der Waals surface area contributed by atoms with Gasteiger partial charge in [-0.15, -0.1) is 0 Å². The minimum absolute atomic E-state index is 0.293. The van der Waals surface area contributed by atoms with Gasteiger partial charge in [-0.25, -0.2) is 0 Å². The first kappa shape index (κ1) is 15.2. The Bertz CT molecular complexity index is 327. The van der Waals surface area contributed by atoms with Crippen LogP contribution in [0.3, 0.4) is 0 Å². The molecule has 2 fully saturated rings. The summed E-state index contributed by atoms with van der Waals surface area (Å²) in [7, 11) is 0. The van der Waals surface area contributed by atoms with Gasteiger partial charge in [0.1, 0.15) is 24.4 Å². The molecule has 0 aromatic rings. The zero-order chi connectivity index (χ0) is 14.4. The normalized spacial score (nSPS) is 40.3. The van der Waals surface area contributed by atoms with Gasteiger partial charge >= 0.3 is 0 Å². The van der Waals surface area contributed by atoms with Gasteiger partial charge in [0.25, 0.3) is 0 Å². The van der Waals surface area contributed by atoms with E-state index in [-0.39, 0.29) is 0 Å². The van der Waals surface area contributed by atoms with Crippen LogP contribution in [0.1, 0.15) is 34.6 Å². The summed E-state index contributed by atoms with van der Waals surface area (Å²) in [5.74, 6) is -1.54. The molecule has 1 unspecified atom stereocenters. The van der Waals surface area contributed by atoms with E-state index in [9.17, 15) is 10.2 Å². The Balaban J connectivity index is 2.07. The highest BCUT2D eigenvalue weighted by atomic mass is 16.8. The Morgan fingerprint density at radius 1 is 0.947 bits per heavy atom. The second kappa shape index (κ2) is 4.95. The summed E-state index contributed by atoms with van der Waals surface area (Å²) in [4.78, 5) is 0. The molecule has 19 heavy (non-hydrogen) atoms. The molecular formula is C13H24O6. The molecule has 0 amide bonds. The molecule has 0 radical (unpaired) electrons. The highest BCUT2D eigenvalue weighted by molar-refractivity contribution is 4.94. The van der Waals surface area contributed by atoms with Gasteiger partial charge in [0.2, 0.25) is 0 Å². The van der Waals surface area contributed by atoms with Gasteiger partial charge in [-0.3, -0.25) is 0 Å². The number of hydrogen-bond acceptors (Lipinski definition) is 6. The first-order chi connectivity index (χ1) is 8.61. The number of aliphatic hydroxyl groups excluding tert-OH is 2. The topological polar surface area (TPSA) is 77.4 Å². The Kier molecular flexibility index (Phi) is 3.94. The summed E-state index contributed by atoms with van der Waals surface area (Å²) in [5.41, 5.74) is 0. The lowest BCUT2D eigenvalue weighted by Gasteiger charge is -2.27. The van der Waals surface area contributed by atoms with Crippen LogP contribution in [0.4, 0.5) is 0 Å². The van der Waals surface area contributed by atoms with Crippen LogP contribution in [0.2, 0.25) is 0 Å². The van der Waals surface area contributed by atoms with Crippen LogP contribution < -0.4 is 0 Å². The van der Waals surface area contributed by atoms with E-state index in [0.29, 0.717) is 6.61 Å². The van der Waals surface area contributed by atoms with Crippen LogP contribution in [0.25, 0.3) is 0 Å². The summed E-state index contributed by atoms with van der Waals surface area (Å²) >= 11 is 0. The van der Waals surface area contributed by atoms with Crippen molar-refractivity contribution in [2.24, 2.45) is 0 Å². The van der Waals surface area contributed by atoms with E-state index in [0.717, 1.165) is 0 Å². The molecule has 2 aliphatic rings. The van der Waals surface area contributed by atoms with E-state index in [1.165, 1.54) is 0 Å². The quantitative estimate of drug-likeness (QED) is 0.727. The van der Waals surface area contributed by atoms with E-state index in [1.54, 1.807) is 34.6 Å². The van der Waals surface area contributed by atoms with Crippen molar-refractivity contribution in [3.05, 3.63) is 0 Å². The van der Waals surface area contributed by atoms with Gasteiger partial charge in [0, 0.05) is 0 Å². The fourth-order valence-electron chi connectivity index (χ4n) is 2.55. The van der Waals surface area contributed by atoms with Crippen molar-refractivity contribution < 1.29 is 29.2 Å². The monoisotopic (exact) mass is 277 g/mol. The van der Waals surface area contributed by atoms with E-state index in [4.69, 9.17) is 18.9 Å². The Morgan fingerprint density at radius 2 is 1.53 bits per heavy atom. The average Bonchev–Trinajstić information content (AvgIpc) is 2.77. The van der Waals surface area contributed by atoms with Gasteiger partial charge in [-0.2, -0.15) is 0 Å². The first-order valence-electron chi connectivity index (χ1n) is 6.65. The lowest BCUT2D eigenvalue weighted by Crippen LogP contribution is -2.47. The molecule has 2 heterocycles. The maximum Gasteiger partial charge on any atom is 0.164 e. The summed E-state index contributed by atoms with van der Waals surface area (Å²) in [6.45, 7) is 9.01. The van der Waals surface area contributed by atoms with Crippen molar-refractivity contribution in [1.82, 2.24) is 0 Å². The molecule has 0 saturated carbocycles. The summed E-state index contributed by atoms with van der Waals surface area (Å²) in [6.07, 6.45) is -3.37. The van der Waals surface area contributed by atoms with Crippen LogP contribution >= 0.6 is 0 Å². The van der Waals surface area contributed by atoms with Crippen LogP contribution in [0.15, 0.2) is 0 Å². The third-order valence-electron chi connectivity index (χ3n) is 3.39. The maximum absolute atomic E-state index is 10.4. The van der Waals surface area contributed by atoms with Crippen molar-refractivity contribution in [3.8, 4) is 0 Å². The molecule has 112 valence electrons.